The topological polar surface area (TPSA) is 72.7 Å². The SMILES string of the molecule is O=C1CSC(c2ccc([N+](=O)[O-])cc2)N1c1ccc(Oc2ccccc2)cc1. The molecule has 0 saturated carbocycles. The fourth-order valence-corrected chi connectivity index (χ4v) is 4.19. The molecule has 6 nitrogen and oxygen atoms in total. The second-order valence-corrected chi connectivity index (χ2v) is 7.25. The molecule has 1 heterocycles. The smallest absolute Gasteiger partial charge is 0.269 e. The van der Waals surface area contributed by atoms with E-state index in [9.17, 15) is 14.9 Å². The molecule has 3 aromatic rings. The van der Waals surface area contributed by atoms with Crippen molar-refractivity contribution in [1.82, 2.24) is 0 Å². The Hall–Kier alpha value is -3.32. The predicted molar refractivity (Wildman–Crippen MR) is 109 cm³/mol. The van der Waals surface area contributed by atoms with Crippen LogP contribution in [0, 0.1) is 10.1 Å². The van der Waals surface area contributed by atoms with E-state index in [0.29, 0.717) is 11.5 Å². The number of para-hydroxylation sites is 1. The number of ether oxygens (including phenoxy) is 1. The average Bonchev–Trinajstić information content (AvgIpc) is 3.11. The zero-order valence-electron chi connectivity index (χ0n) is 14.7. The van der Waals surface area contributed by atoms with Crippen molar-refractivity contribution in [3.05, 3.63) is 94.5 Å². The first kappa shape index (κ1) is 18.1. The number of nitrogens with zero attached hydrogens (tertiary/aromatic N) is 2. The van der Waals surface area contributed by atoms with Crippen LogP contribution < -0.4 is 9.64 Å². The van der Waals surface area contributed by atoms with Crippen LogP contribution in [-0.2, 0) is 4.79 Å². The van der Waals surface area contributed by atoms with E-state index in [1.54, 1.807) is 17.0 Å². The fraction of sp³-hybridized carbons (Fsp3) is 0.0952. The zero-order chi connectivity index (χ0) is 19.5. The van der Waals surface area contributed by atoms with E-state index in [1.165, 1.54) is 23.9 Å². The number of thioether (sulfide) groups is 1. The maximum atomic E-state index is 12.5. The molecule has 0 spiro atoms. The summed E-state index contributed by atoms with van der Waals surface area (Å²) in [5, 5.41) is 10.6. The number of benzene rings is 3. The Kier molecular flexibility index (Phi) is 4.99. The van der Waals surface area contributed by atoms with Crippen LogP contribution in [0.5, 0.6) is 11.5 Å². The molecule has 3 aromatic carbocycles. The summed E-state index contributed by atoms with van der Waals surface area (Å²) in [5.41, 5.74) is 1.65. The van der Waals surface area contributed by atoms with Crippen molar-refractivity contribution in [3.63, 3.8) is 0 Å². The Morgan fingerprint density at radius 1 is 0.929 bits per heavy atom. The van der Waals surface area contributed by atoms with Crippen LogP contribution in [0.1, 0.15) is 10.9 Å². The largest absolute Gasteiger partial charge is 0.457 e. The van der Waals surface area contributed by atoms with Crippen LogP contribution in [0.2, 0.25) is 0 Å². The lowest BCUT2D eigenvalue weighted by molar-refractivity contribution is -0.384. The van der Waals surface area contributed by atoms with Gasteiger partial charge in [0.25, 0.3) is 5.69 Å². The van der Waals surface area contributed by atoms with E-state index in [1.807, 2.05) is 54.6 Å². The van der Waals surface area contributed by atoms with Gasteiger partial charge in [0, 0.05) is 17.8 Å². The summed E-state index contributed by atoms with van der Waals surface area (Å²) in [6.45, 7) is 0. The number of carbonyl (C=O) groups is 1. The van der Waals surface area contributed by atoms with Gasteiger partial charge in [-0.25, -0.2) is 0 Å². The van der Waals surface area contributed by atoms with Crippen molar-refractivity contribution in [2.45, 2.75) is 5.37 Å². The Morgan fingerprint density at radius 3 is 2.21 bits per heavy atom. The third-order valence-corrected chi connectivity index (χ3v) is 5.56. The number of nitro benzene ring substituents is 1. The number of nitro groups is 1. The summed E-state index contributed by atoms with van der Waals surface area (Å²) in [7, 11) is 0. The van der Waals surface area contributed by atoms with Crippen LogP contribution in [0.3, 0.4) is 0 Å². The molecular weight excluding hydrogens is 376 g/mol. The number of amides is 1. The minimum Gasteiger partial charge on any atom is -0.457 e. The van der Waals surface area contributed by atoms with Gasteiger partial charge in [0.05, 0.1) is 10.7 Å². The normalized spacial score (nSPS) is 16.2. The van der Waals surface area contributed by atoms with Crippen LogP contribution in [0.15, 0.2) is 78.9 Å². The van der Waals surface area contributed by atoms with Gasteiger partial charge in [-0.15, -0.1) is 11.8 Å². The zero-order valence-corrected chi connectivity index (χ0v) is 15.5. The third kappa shape index (κ3) is 3.70. The van der Waals surface area contributed by atoms with E-state index >= 15 is 0 Å². The summed E-state index contributed by atoms with van der Waals surface area (Å²) < 4.78 is 5.80. The van der Waals surface area contributed by atoms with Gasteiger partial charge in [0.15, 0.2) is 0 Å². The summed E-state index contributed by atoms with van der Waals surface area (Å²) in [6.07, 6.45) is 0. The molecule has 7 heteroatoms. The van der Waals surface area contributed by atoms with E-state index in [-0.39, 0.29) is 17.0 Å². The lowest BCUT2D eigenvalue weighted by Crippen LogP contribution is -2.27. The quantitative estimate of drug-likeness (QED) is 0.443. The molecule has 1 saturated heterocycles. The van der Waals surface area contributed by atoms with E-state index in [4.69, 9.17) is 4.74 Å². The molecule has 1 aliphatic rings. The molecular formula is C21H16N2O4S. The molecule has 0 radical (unpaired) electrons. The lowest BCUT2D eigenvalue weighted by Gasteiger charge is -2.24. The van der Waals surface area contributed by atoms with Gasteiger partial charge in [0.1, 0.15) is 16.9 Å². The van der Waals surface area contributed by atoms with Crippen LogP contribution in [0.4, 0.5) is 11.4 Å². The summed E-state index contributed by atoms with van der Waals surface area (Å²) in [5.74, 6) is 1.79. The van der Waals surface area contributed by atoms with Crippen molar-refractivity contribution < 1.29 is 14.5 Å². The van der Waals surface area contributed by atoms with Gasteiger partial charge in [-0.2, -0.15) is 0 Å². The van der Waals surface area contributed by atoms with Gasteiger partial charge >= 0.3 is 0 Å². The fourth-order valence-electron chi connectivity index (χ4n) is 3.01. The minimum atomic E-state index is -0.431. The van der Waals surface area contributed by atoms with Crippen LogP contribution >= 0.6 is 11.8 Å². The van der Waals surface area contributed by atoms with Crippen molar-refractivity contribution in [2.24, 2.45) is 0 Å². The minimum absolute atomic E-state index is 0.00470. The average molecular weight is 392 g/mol. The molecule has 0 bridgehead atoms. The number of hydrogen-bond acceptors (Lipinski definition) is 5. The second kappa shape index (κ2) is 7.74. The molecule has 1 fully saturated rings. The number of rotatable bonds is 5. The van der Waals surface area contributed by atoms with Crippen molar-refractivity contribution in [1.29, 1.82) is 0 Å². The van der Waals surface area contributed by atoms with Gasteiger partial charge in [0.2, 0.25) is 5.91 Å². The molecule has 1 aliphatic heterocycles. The summed E-state index contributed by atoms with van der Waals surface area (Å²) in [4.78, 5) is 24.6. The molecule has 0 N–H and O–H groups in total. The monoisotopic (exact) mass is 392 g/mol. The second-order valence-electron chi connectivity index (χ2n) is 6.18. The number of carbonyl (C=O) groups excluding carboxylic acids is 1. The Balaban J connectivity index is 1.55. The number of hydrogen-bond donors (Lipinski definition) is 0. The lowest BCUT2D eigenvalue weighted by atomic mass is 10.1. The highest BCUT2D eigenvalue weighted by molar-refractivity contribution is 8.00. The Morgan fingerprint density at radius 2 is 1.57 bits per heavy atom. The highest BCUT2D eigenvalue weighted by Gasteiger charge is 2.34. The maximum absolute atomic E-state index is 12.5. The van der Waals surface area contributed by atoms with Gasteiger partial charge < -0.3 is 4.74 Å². The predicted octanol–water partition coefficient (Wildman–Crippen LogP) is 5.17. The maximum Gasteiger partial charge on any atom is 0.269 e. The van der Waals surface area contributed by atoms with Gasteiger partial charge in [-0.1, -0.05) is 18.2 Å². The molecule has 1 unspecified atom stereocenters. The van der Waals surface area contributed by atoms with Gasteiger partial charge in [-0.3, -0.25) is 19.8 Å². The molecule has 28 heavy (non-hydrogen) atoms. The highest BCUT2D eigenvalue weighted by Crippen LogP contribution is 2.42. The molecule has 140 valence electrons. The van der Waals surface area contributed by atoms with Crippen LogP contribution in [-0.4, -0.2) is 16.6 Å². The van der Waals surface area contributed by atoms with E-state index in [2.05, 4.69) is 0 Å². The molecule has 0 aromatic heterocycles. The molecule has 4 rings (SSSR count). The first-order chi connectivity index (χ1) is 13.6. The number of non-ortho nitro benzene ring substituents is 1. The van der Waals surface area contributed by atoms with Crippen molar-refractivity contribution >= 4 is 29.0 Å². The summed E-state index contributed by atoms with van der Waals surface area (Å²) in [6, 6.07) is 23.2. The first-order valence-corrected chi connectivity index (χ1v) is 9.68. The first-order valence-electron chi connectivity index (χ1n) is 8.63. The Labute approximate surface area is 165 Å². The molecule has 1 atom stereocenters. The van der Waals surface area contributed by atoms with E-state index in [0.717, 1.165) is 17.0 Å². The molecule has 1 amide bonds. The molecule has 0 aliphatic carbocycles. The van der Waals surface area contributed by atoms with Gasteiger partial charge in [-0.05, 0) is 54.1 Å². The third-order valence-electron chi connectivity index (χ3n) is 4.35. The van der Waals surface area contributed by atoms with Crippen molar-refractivity contribution in [2.75, 3.05) is 10.7 Å². The van der Waals surface area contributed by atoms with E-state index < -0.39 is 4.92 Å². The van der Waals surface area contributed by atoms with Crippen molar-refractivity contribution in [3.8, 4) is 11.5 Å². The van der Waals surface area contributed by atoms with Crippen LogP contribution in [0.25, 0.3) is 0 Å². The number of anilines is 1. The standard InChI is InChI=1S/C21H16N2O4S/c24-20-14-28-21(15-6-8-17(9-7-15)23(25)26)22(20)16-10-12-19(13-11-16)27-18-4-2-1-3-5-18/h1-13,21H,14H2. The highest BCUT2D eigenvalue weighted by atomic mass is 32.2. The Bertz CT molecular complexity index is 991. The summed E-state index contributed by atoms with van der Waals surface area (Å²) >= 11 is 1.50.